The summed E-state index contributed by atoms with van der Waals surface area (Å²) < 4.78 is 10.8. The van der Waals surface area contributed by atoms with Gasteiger partial charge in [-0.05, 0) is 29.8 Å². The fraction of sp³-hybridized carbons (Fsp3) is 0.211. The molecule has 134 valence electrons. The van der Waals surface area contributed by atoms with E-state index in [2.05, 4.69) is 25.8 Å². The first-order chi connectivity index (χ1) is 12.8. The molecule has 0 aliphatic heterocycles. The first-order valence-corrected chi connectivity index (χ1v) is 8.30. The van der Waals surface area contributed by atoms with Crippen molar-refractivity contribution in [2.75, 3.05) is 30.9 Å². The molecule has 0 amide bonds. The van der Waals surface area contributed by atoms with Gasteiger partial charge in [0.05, 0.1) is 12.8 Å². The minimum Gasteiger partial charge on any atom is -0.489 e. The zero-order chi connectivity index (χ0) is 18.0. The predicted octanol–water partition coefficient (Wildman–Crippen LogP) is 3.25. The molecule has 0 bridgehead atoms. The average Bonchev–Trinajstić information content (AvgIpc) is 2.69. The minimum absolute atomic E-state index is 0.422. The lowest BCUT2D eigenvalue weighted by atomic mass is 10.2. The van der Waals surface area contributed by atoms with Gasteiger partial charge in [0.15, 0.2) is 5.82 Å². The molecule has 1 aromatic heterocycles. The number of anilines is 3. The number of hydrogen-bond donors (Lipinski definition) is 2. The summed E-state index contributed by atoms with van der Waals surface area (Å²) in [6, 6.07) is 17.7. The smallest absolute Gasteiger partial charge is 0.249 e. The van der Waals surface area contributed by atoms with Gasteiger partial charge in [-0.25, -0.2) is 0 Å². The Bertz CT molecular complexity index is 797. The molecule has 0 saturated carbocycles. The molecule has 3 rings (SSSR count). The maximum atomic E-state index is 5.78. The quantitative estimate of drug-likeness (QED) is 0.573. The molecule has 1 heterocycles. The normalized spacial score (nSPS) is 10.3. The van der Waals surface area contributed by atoms with Gasteiger partial charge in [-0.2, -0.15) is 10.1 Å². The summed E-state index contributed by atoms with van der Waals surface area (Å²) in [4.78, 5) is 4.36. The highest BCUT2D eigenvalue weighted by Gasteiger charge is 2.02. The third-order valence-electron chi connectivity index (χ3n) is 3.53. The van der Waals surface area contributed by atoms with E-state index in [1.165, 1.54) is 0 Å². The van der Waals surface area contributed by atoms with Crippen molar-refractivity contribution in [3.63, 3.8) is 0 Å². The van der Waals surface area contributed by atoms with Crippen molar-refractivity contribution in [1.29, 1.82) is 0 Å². The molecule has 0 saturated heterocycles. The molecule has 0 atom stereocenters. The maximum absolute atomic E-state index is 5.78. The topological polar surface area (TPSA) is 81.2 Å². The predicted molar refractivity (Wildman–Crippen MR) is 101 cm³/mol. The van der Waals surface area contributed by atoms with Crippen molar-refractivity contribution in [3.8, 4) is 5.75 Å². The SMILES string of the molecule is COCCNc1cnnc(Nc2ccc(OCc3ccccc3)cc2)n1. The van der Waals surface area contributed by atoms with Gasteiger partial charge in [-0.3, -0.25) is 0 Å². The minimum atomic E-state index is 0.422. The van der Waals surface area contributed by atoms with Gasteiger partial charge in [-0.15, -0.1) is 5.10 Å². The molecule has 2 N–H and O–H groups in total. The molecule has 3 aromatic rings. The molecule has 7 heteroatoms. The van der Waals surface area contributed by atoms with E-state index in [1.807, 2.05) is 54.6 Å². The van der Waals surface area contributed by atoms with Crippen LogP contribution in [-0.2, 0) is 11.3 Å². The molecule has 7 nitrogen and oxygen atoms in total. The first-order valence-electron chi connectivity index (χ1n) is 8.30. The fourth-order valence-electron chi connectivity index (χ4n) is 2.23. The third-order valence-corrected chi connectivity index (χ3v) is 3.53. The molecule has 0 fully saturated rings. The number of nitrogens with zero attached hydrogens (tertiary/aromatic N) is 3. The van der Waals surface area contributed by atoms with Gasteiger partial charge < -0.3 is 20.1 Å². The summed E-state index contributed by atoms with van der Waals surface area (Å²) in [5.41, 5.74) is 1.99. The van der Waals surface area contributed by atoms with Crippen molar-refractivity contribution < 1.29 is 9.47 Å². The van der Waals surface area contributed by atoms with Gasteiger partial charge in [0.25, 0.3) is 0 Å². The van der Waals surface area contributed by atoms with Gasteiger partial charge in [0.2, 0.25) is 5.95 Å². The van der Waals surface area contributed by atoms with Crippen LogP contribution in [0.5, 0.6) is 5.75 Å². The number of aromatic nitrogens is 3. The van der Waals surface area contributed by atoms with Crippen LogP contribution in [0.25, 0.3) is 0 Å². The summed E-state index contributed by atoms with van der Waals surface area (Å²) >= 11 is 0. The second kappa shape index (κ2) is 9.33. The van der Waals surface area contributed by atoms with E-state index in [0.29, 0.717) is 31.5 Å². The Morgan fingerprint density at radius 1 is 1.00 bits per heavy atom. The second-order valence-electron chi connectivity index (χ2n) is 5.51. The highest BCUT2D eigenvalue weighted by molar-refractivity contribution is 5.55. The van der Waals surface area contributed by atoms with Crippen LogP contribution >= 0.6 is 0 Å². The third kappa shape index (κ3) is 5.42. The van der Waals surface area contributed by atoms with Crippen LogP contribution in [-0.4, -0.2) is 35.4 Å². The van der Waals surface area contributed by atoms with Crippen molar-refractivity contribution in [3.05, 3.63) is 66.4 Å². The van der Waals surface area contributed by atoms with Crippen LogP contribution in [0.2, 0.25) is 0 Å². The van der Waals surface area contributed by atoms with E-state index in [9.17, 15) is 0 Å². The van der Waals surface area contributed by atoms with Crippen LogP contribution in [0, 0.1) is 0 Å². The average molecular weight is 351 g/mol. The first kappa shape index (κ1) is 17.6. The Labute approximate surface area is 152 Å². The molecule has 2 aromatic carbocycles. The lowest BCUT2D eigenvalue weighted by molar-refractivity contribution is 0.210. The van der Waals surface area contributed by atoms with E-state index in [1.54, 1.807) is 13.3 Å². The number of rotatable bonds is 9. The van der Waals surface area contributed by atoms with Crippen LogP contribution in [0.3, 0.4) is 0 Å². The van der Waals surface area contributed by atoms with Crippen LogP contribution < -0.4 is 15.4 Å². The molecule has 26 heavy (non-hydrogen) atoms. The van der Waals surface area contributed by atoms with Crippen molar-refractivity contribution in [2.24, 2.45) is 0 Å². The van der Waals surface area contributed by atoms with E-state index in [4.69, 9.17) is 9.47 Å². The second-order valence-corrected chi connectivity index (χ2v) is 5.51. The van der Waals surface area contributed by atoms with Crippen molar-refractivity contribution in [1.82, 2.24) is 15.2 Å². The molecular weight excluding hydrogens is 330 g/mol. The lowest BCUT2D eigenvalue weighted by Gasteiger charge is -2.09. The summed E-state index contributed by atoms with van der Waals surface area (Å²) in [5.74, 6) is 1.86. The Balaban J connectivity index is 1.54. The Kier molecular flexibility index (Phi) is 6.33. The summed E-state index contributed by atoms with van der Waals surface area (Å²) in [6.45, 7) is 1.79. The Hall–Kier alpha value is -3.19. The standard InChI is InChI=1S/C19H21N5O2/c1-25-12-11-20-18-13-21-24-19(23-18)22-16-7-9-17(10-8-16)26-14-15-5-3-2-4-6-15/h2-10,13H,11-12,14H2,1H3,(H2,20,22,23,24). The van der Waals surface area contributed by atoms with E-state index >= 15 is 0 Å². The monoisotopic (exact) mass is 351 g/mol. The van der Waals surface area contributed by atoms with Gasteiger partial charge in [-0.1, -0.05) is 30.3 Å². The number of nitrogens with one attached hydrogen (secondary N) is 2. The largest absolute Gasteiger partial charge is 0.489 e. The molecule has 0 aliphatic rings. The fourth-order valence-corrected chi connectivity index (χ4v) is 2.23. The van der Waals surface area contributed by atoms with Gasteiger partial charge in [0, 0.05) is 19.3 Å². The number of benzene rings is 2. The van der Waals surface area contributed by atoms with E-state index < -0.39 is 0 Å². The van der Waals surface area contributed by atoms with Crippen LogP contribution in [0.1, 0.15) is 5.56 Å². The van der Waals surface area contributed by atoms with Crippen molar-refractivity contribution >= 4 is 17.5 Å². The Morgan fingerprint density at radius 3 is 2.58 bits per heavy atom. The Morgan fingerprint density at radius 2 is 1.81 bits per heavy atom. The number of ether oxygens (including phenoxy) is 2. The molecule has 0 spiro atoms. The molecule has 0 radical (unpaired) electrons. The van der Waals surface area contributed by atoms with E-state index in [-0.39, 0.29) is 0 Å². The zero-order valence-electron chi connectivity index (χ0n) is 14.6. The van der Waals surface area contributed by atoms with Gasteiger partial charge in [0.1, 0.15) is 12.4 Å². The highest BCUT2D eigenvalue weighted by Crippen LogP contribution is 2.19. The summed E-state index contributed by atoms with van der Waals surface area (Å²) in [7, 11) is 1.65. The summed E-state index contributed by atoms with van der Waals surface area (Å²) in [6.07, 6.45) is 1.57. The number of hydrogen-bond acceptors (Lipinski definition) is 7. The lowest BCUT2D eigenvalue weighted by Crippen LogP contribution is -2.10. The van der Waals surface area contributed by atoms with Gasteiger partial charge >= 0.3 is 0 Å². The number of methoxy groups -OCH3 is 1. The summed E-state index contributed by atoms with van der Waals surface area (Å²) in [5, 5.41) is 14.2. The zero-order valence-corrected chi connectivity index (χ0v) is 14.6. The molecular formula is C19H21N5O2. The van der Waals surface area contributed by atoms with Crippen LogP contribution in [0.15, 0.2) is 60.8 Å². The molecule has 0 unspecified atom stereocenters. The van der Waals surface area contributed by atoms with Crippen molar-refractivity contribution in [2.45, 2.75) is 6.61 Å². The van der Waals surface area contributed by atoms with E-state index in [0.717, 1.165) is 17.0 Å². The maximum Gasteiger partial charge on any atom is 0.249 e. The molecule has 0 aliphatic carbocycles. The highest BCUT2D eigenvalue weighted by atomic mass is 16.5. The van der Waals surface area contributed by atoms with Crippen LogP contribution in [0.4, 0.5) is 17.5 Å².